The van der Waals surface area contributed by atoms with Crippen molar-refractivity contribution in [2.24, 2.45) is 5.92 Å². The standard InChI is InChI=1S/C13H15IO4/c14-10-7-9(2-3-11(10)15)17-12-4-1-8-5-6-16-13(8)18-12/h2-3,7-8,12-13,15H,1,4-6H2. The zero-order valence-corrected chi connectivity index (χ0v) is 12.0. The van der Waals surface area contributed by atoms with Gasteiger partial charge in [-0.15, -0.1) is 0 Å². The average molecular weight is 362 g/mol. The van der Waals surface area contributed by atoms with Crippen molar-refractivity contribution in [1.29, 1.82) is 0 Å². The van der Waals surface area contributed by atoms with Crippen LogP contribution in [0.3, 0.4) is 0 Å². The predicted octanol–water partition coefficient (Wildman–Crippen LogP) is 2.87. The highest BCUT2D eigenvalue weighted by atomic mass is 127. The fourth-order valence-electron chi connectivity index (χ4n) is 2.41. The second-order valence-corrected chi connectivity index (χ2v) is 5.82. The second kappa shape index (κ2) is 5.22. The Bertz CT molecular complexity index is 437. The number of hydrogen-bond acceptors (Lipinski definition) is 4. The average Bonchev–Trinajstić information content (AvgIpc) is 2.81. The SMILES string of the molecule is Oc1ccc(OC2CCC3CCOC3O2)cc1I. The molecule has 0 aromatic heterocycles. The summed E-state index contributed by atoms with van der Waals surface area (Å²) in [6.45, 7) is 0.791. The number of rotatable bonds is 2. The molecule has 1 aromatic carbocycles. The monoisotopic (exact) mass is 362 g/mol. The fraction of sp³-hybridized carbons (Fsp3) is 0.538. The van der Waals surface area contributed by atoms with Gasteiger partial charge in [-0.3, -0.25) is 0 Å². The lowest BCUT2D eigenvalue weighted by Crippen LogP contribution is -2.35. The van der Waals surface area contributed by atoms with E-state index in [1.54, 1.807) is 18.2 Å². The van der Waals surface area contributed by atoms with Gasteiger partial charge in [0.1, 0.15) is 11.5 Å². The van der Waals surface area contributed by atoms with Crippen molar-refractivity contribution in [1.82, 2.24) is 0 Å². The molecule has 0 amide bonds. The predicted molar refractivity (Wildman–Crippen MR) is 73.4 cm³/mol. The van der Waals surface area contributed by atoms with Crippen LogP contribution in [0.2, 0.25) is 0 Å². The molecule has 2 heterocycles. The molecule has 2 aliphatic rings. The first-order chi connectivity index (χ1) is 8.72. The summed E-state index contributed by atoms with van der Waals surface area (Å²) in [5.41, 5.74) is 0. The van der Waals surface area contributed by atoms with Crippen LogP contribution in [0.25, 0.3) is 0 Å². The van der Waals surface area contributed by atoms with Gasteiger partial charge >= 0.3 is 0 Å². The van der Waals surface area contributed by atoms with Crippen LogP contribution in [0.1, 0.15) is 19.3 Å². The van der Waals surface area contributed by atoms with Crippen LogP contribution in [0.5, 0.6) is 11.5 Å². The van der Waals surface area contributed by atoms with Crippen LogP contribution in [0.4, 0.5) is 0 Å². The Labute approximate surface area is 119 Å². The molecular formula is C13H15IO4. The molecule has 0 spiro atoms. The van der Waals surface area contributed by atoms with E-state index in [-0.39, 0.29) is 18.3 Å². The van der Waals surface area contributed by atoms with Gasteiger partial charge in [-0.25, -0.2) is 0 Å². The molecule has 2 aliphatic heterocycles. The van der Waals surface area contributed by atoms with Crippen molar-refractivity contribution in [3.05, 3.63) is 21.8 Å². The fourth-order valence-corrected chi connectivity index (χ4v) is 2.89. The van der Waals surface area contributed by atoms with Gasteiger partial charge in [0, 0.05) is 12.3 Å². The first-order valence-electron chi connectivity index (χ1n) is 6.14. The third-order valence-electron chi connectivity index (χ3n) is 3.40. The summed E-state index contributed by atoms with van der Waals surface area (Å²) in [5, 5.41) is 9.46. The number of fused-ring (bicyclic) bond motifs is 1. The molecule has 3 atom stereocenters. The van der Waals surface area contributed by atoms with Gasteiger partial charge in [0.05, 0.1) is 10.2 Å². The maximum Gasteiger partial charge on any atom is 0.202 e. The number of hydrogen-bond donors (Lipinski definition) is 1. The van der Waals surface area contributed by atoms with Gasteiger partial charge in [-0.2, -0.15) is 0 Å². The van der Waals surface area contributed by atoms with E-state index in [9.17, 15) is 5.11 Å². The van der Waals surface area contributed by atoms with Gasteiger partial charge in [0.2, 0.25) is 6.29 Å². The van der Waals surface area contributed by atoms with Crippen molar-refractivity contribution in [3.63, 3.8) is 0 Å². The van der Waals surface area contributed by atoms with Crippen molar-refractivity contribution < 1.29 is 19.3 Å². The Balaban J connectivity index is 1.64. The molecule has 1 N–H and O–H groups in total. The van der Waals surface area contributed by atoms with Crippen LogP contribution in [-0.2, 0) is 9.47 Å². The molecule has 4 nitrogen and oxygen atoms in total. The van der Waals surface area contributed by atoms with Crippen molar-refractivity contribution in [2.45, 2.75) is 31.8 Å². The molecule has 3 unspecified atom stereocenters. The van der Waals surface area contributed by atoms with Gasteiger partial charge in [-0.05, 0) is 53.6 Å². The van der Waals surface area contributed by atoms with Gasteiger partial charge in [0.25, 0.3) is 0 Å². The van der Waals surface area contributed by atoms with E-state index < -0.39 is 0 Å². The zero-order valence-electron chi connectivity index (χ0n) is 9.84. The van der Waals surface area contributed by atoms with E-state index in [0.717, 1.165) is 35.2 Å². The van der Waals surface area contributed by atoms with Crippen molar-refractivity contribution >= 4 is 22.6 Å². The molecule has 0 bridgehead atoms. The lowest BCUT2D eigenvalue weighted by Gasteiger charge is -2.31. The molecule has 2 fully saturated rings. The van der Waals surface area contributed by atoms with Crippen LogP contribution in [0, 0.1) is 9.49 Å². The minimum atomic E-state index is -0.246. The highest BCUT2D eigenvalue weighted by molar-refractivity contribution is 14.1. The van der Waals surface area contributed by atoms with Gasteiger partial charge in [0.15, 0.2) is 6.29 Å². The maximum absolute atomic E-state index is 9.46. The molecule has 1 aromatic rings. The zero-order chi connectivity index (χ0) is 12.5. The lowest BCUT2D eigenvalue weighted by molar-refractivity contribution is -0.237. The lowest BCUT2D eigenvalue weighted by atomic mass is 9.99. The summed E-state index contributed by atoms with van der Waals surface area (Å²) < 4.78 is 17.9. The third kappa shape index (κ3) is 2.57. The van der Waals surface area contributed by atoms with Crippen LogP contribution in [0.15, 0.2) is 18.2 Å². The van der Waals surface area contributed by atoms with E-state index in [0.29, 0.717) is 5.92 Å². The van der Waals surface area contributed by atoms with Crippen molar-refractivity contribution in [3.8, 4) is 11.5 Å². The molecular weight excluding hydrogens is 347 g/mol. The summed E-state index contributed by atoms with van der Waals surface area (Å²) in [6, 6.07) is 5.19. The minimum absolute atomic E-state index is 0.0973. The molecule has 0 radical (unpaired) electrons. The highest BCUT2D eigenvalue weighted by Gasteiger charge is 2.36. The quantitative estimate of drug-likeness (QED) is 0.822. The molecule has 0 saturated carbocycles. The minimum Gasteiger partial charge on any atom is -0.507 e. The molecule has 98 valence electrons. The Morgan fingerprint density at radius 1 is 1.28 bits per heavy atom. The van der Waals surface area contributed by atoms with E-state index in [1.807, 2.05) is 0 Å². The number of phenols is 1. The molecule has 2 saturated heterocycles. The normalized spacial score (nSPS) is 31.1. The summed E-state index contributed by atoms with van der Waals surface area (Å²) in [6.07, 6.45) is 2.73. The second-order valence-electron chi connectivity index (χ2n) is 4.66. The van der Waals surface area contributed by atoms with Crippen LogP contribution >= 0.6 is 22.6 Å². The summed E-state index contributed by atoms with van der Waals surface area (Å²) in [4.78, 5) is 0. The Morgan fingerprint density at radius 2 is 2.17 bits per heavy atom. The third-order valence-corrected chi connectivity index (χ3v) is 4.27. The van der Waals surface area contributed by atoms with Gasteiger partial charge in [-0.1, -0.05) is 0 Å². The number of ether oxygens (including phenoxy) is 3. The van der Waals surface area contributed by atoms with E-state index in [1.165, 1.54) is 0 Å². The molecule has 18 heavy (non-hydrogen) atoms. The number of halogens is 1. The summed E-state index contributed by atoms with van der Waals surface area (Å²) in [7, 11) is 0. The Hall–Kier alpha value is -0.530. The van der Waals surface area contributed by atoms with Crippen molar-refractivity contribution in [2.75, 3.05) is 6.61 Å². The van der Waals surface area contributed by atoms with Crippen LogP contribution in [-0.4, -0.2) is 24.3 Å². The van der Waals surface area contributed by atoms with E-state index in [4.69, 9.17) is 14.2 Å². The smallest absolute Gasteiger partial charge is 0.202 e. The largest absolute Gasteiger partial charge is 0.507 e. The topological polar surface area (TPSA) is 47.9 Å². The first-order valence-corrected chi connectivity index (χ1v) is 7.22. The highest BCUT2D eigenvalue weighted by Crippen LogP contribution is 2.34. The molecule has 0 aliphatic carbocycles. The maximum atomic E-state index is 9.46. The van der Waals surface area contributed by atoms with E-state index in [2.05, 4.69) is 22.6 Å². The summed E-state index contributed by atoms with van der Waals surface area (Å²) in [5.74, 6) is 1.52. The Kier molecular flexibility index (Phi) is 3.63. The number of benzene rings is 1. The number of aromatic hydroxyl groups is 1. The Morgan fingerprint density at radius 3 is 3.00 bits per heavy atom. The molecule has 3 rings (SSSR count). The number of phenolic OH excluding ortho intramolecular Hbond substituents is 1. The van der Waals surface area contributed by atoms with E-state index >= 15 is 0 Å². The first kappa shape index (κ1) is 12.5. The van der Waals surface area contributed by atoms with Crippen LogP contribution < -0.4 is 4.74 Å². The molecule has 5 heteroatoms. The summed E-state index contributed by atoms with van der Waals surface area (Å²) >= 11 is 2.07. The van der Waals surface area contributed by atoms with Gasteiger partial charge < -0.3 is 19.3 Å².